The van der Waals surface area contributed by atoms with Crippen LogP contribution in [0.1, 0.15) is 15.9 Å². The van der Waals surface area contributed by atoms with Crippen LogP contribution in [0.4, 0.5) is 0 Å². The van der Waals surface area contributed by atoms with E-state index >= 15 is 0 Å². The highest BCUT2D eigenvalue weighted by Gasteiger charge is 2.12. The monoisotopic (exact) mass is 322 g/mol. The van der Waals surface area contributed by atoms with Gasteiger partial charge in [-0.25, -0.2) is 4.79 Å². The number of aryl methyl sites for hydroxylation is 1. The average molecular weight is 323 g/mol. The van der Waals surface area contributed by atoms with Gasteiger partial charge in [0.1, 0.15) is 0 Å². The molecule has 0 aromatic heterocycles. The van der Waals surface area contributed by atoms with Gasteiger partial charge in [-0.2, -0.15) is 0 Å². The van der Waals surface area contributed by atoms with Gasteiger partial charge in [0.15, 0.2) is 0 Å². The average Bonchev–Trinajstić information content (AvgIpc) is 2.34. The molecule has 0 fully saturated rings. The Balaban J connectivity index is 2.41. The Morgan fingerprint density at radius 2 is 1.89 bits per heavy atom. The maximum absolute atomic E-state index is 11.2. The molecule has 1 N–H and O–H groups in total. The van der Waals surface area contributed by atoms with Crippen molar-refractivity contribution in [3.05, 3.63) is 58.1 Å². The highest BCUT2D eigenvalue weighted by molar-refractivity contribution is 9.10. The zero-order chi connectivity index (χ0) is 13.1. The summed E-state index contributed by atoms with van der Waals surface area (Å²) in [5.41, 5.74) is 1.46. The van der Waals surface area contributed by atoms with E-state index in [1.54, 1.807) is 6.07 Å². The summed E-state index contributed by atoms with van der Waals surface area (Å²) in [6, 6.07) is 13.2. The molecule has 0 radical (unpaired) electrons. The topological polar surface area (TPSA) is 37.3 Å². The van der Waals surface area contributed by atoms with Crippen LogP contribution >= 0.6 is 27.7 Å². The van der Waals surface area contributed by atoms with Gasteiger partial charge in [-0.3, -0.25) is 0 Å². The molecule has 0 aliphatic carbocycles. The largest absolute Gasteiger partial charge is 0.478 e. The highest BCUT2D eigenvalue weighted by Crippen LogP contribution is 2.33. The highest BCUT2D eigenvalue weighted by atomic mass is 79.9. The summed E-state index contributed by atoms with van der Waals surface area (Å²) < 4.78 is 0.772. The Kier molecular flexibility index (Phi) is 4.09. The fourth-order valence-corrected chi connectivity index (χ4v) is 2.91. The van der Waals surface area contributed by atoms with E-state index in [4.69, 9.17) is 0 Å². The first-order valence-corrected chi connectivity index (χ1v) is 6.95. The normalized spacial score (nSPS) is 10.3. The van der Waals surface area contributed by atoms with Gasteiger partial charge >= 0.3 is 5.97 Å². The van der Waals surface area contributed by atoms with Gasteiger partial charge in [0.2, 0.25) is 0 Å². The Morgan fingerprint density at radius 1 is 1.17 bits per heavy atom. The first-order valence-electron chi connectivity index (χ1n) is 5.34. The molecular formula is C14H11BrO2S. The molecule has 0 amide bonds. The van der Waals surface area contributed by atoms with Crippen LogP contribution < -0.4 is 0 Å². The molecule has 4 heteroatoms. The van der Waals surface area contributed by atoms with Gasteiger partial charge in [-0.1, -0.05) is 45.9 Å². The molecule has 2 aromatic rings. The molecule has 18 heavy (non-hydrogen) atoms. The van der Waals surface area contributed by atoms with Crippen LogP contribution in [-0.4, -0.2) is 11.1 Å². The summed E-state index contributed by atoms with van der Waals surface area (Å²) in [7, 11) is 0. The van der Waals surface area contributed by atoms with Gasteiger partial charge in [0.05, 0.1) is 5.56 Å². The van der Waals surface area contributed by atoms with E-state index in [0.29, 0.717) is 5.56 Å². The third-order valence-corrected chi connectivity index (χ3v) is 4.23. The van der Waals surface area contributed by atoms with Crippen molar-refractivity contribution in [3.8, 4) is 0 Å². The van der Waals surface area contributed by atoms with Crippen LogP contribution in [0.15, 0.2) is 56.7 Å². The van der Waals surface area contributed by atoms with Crippen LogP contribution in [0.3, 0.4) is 0 Å². The van der Waals surface area contributed by atoms with Crippen LogP contribution in [0, 0.1) is 6.92 Å². The van der Waals surface area contributed by atoms with Crippen molar-refractivity contribution in [2.24, 2.45) is 0 Å². The molecule has 0 aliphatic rings. The van der Waals surface area contributed by atoms with Gasteiger partial charge in [0, 0.05) is 14.3 Å². The van der Waals surface area contributed by atoms with E-state index in [2.05, 4.69) is 15.9 Å². The van der Waals surface area contributed by atoms with Crippen molar-refractivity contribution in [2.45, 2.75) is 16.7 Å². The Bertz CT molecular complexity index is 596. The first kappa shape index (κ1) is 13.2. The Hall–Kier alpha value is -1.26. The number of carboxylic acid groups (broad SMARTS) is 1. The lowest BCUT2D eigenvalue weighted by atomic mass is 10.2. The fraction of sp³-hybridized carbons (Fsp3) is 0.0714. The van der Waals surface area contributed by atoms with Crippen molar-refractivity contribution >= 4 is 33.7 Å². The second-order valence-corrected chi connectivity index (χ2v) is 5.81. The number of halogens is 1. The van der Waals surface area contributed by atoms with Crippen molar-refractivity contribution in [1.82, 2.24) is 0 Å². The van der Waals surface area contributed by atoms with Crippen LogP contribution in [-0.2, 0) is 0 Å². The number of carboxylic acids is 1. The smallest absolute Gasteiger partial charge is 0.336 e. The molecule has 0 atom stereocenters. The van der Waals surface area contributed by atoms with Crippen LogP contribution in [0.5, 0.6) is 0 Å². The van der Waals surface area contributed by atoms with Gasteiger partial charge < -0.3 is 5.11 Å². The van der Waals surface area contributed by atoms with E-state index in [1.807, 2.05) is 43.3 Å². The lowest BCUT2D eigenvalue weighted by molar-refractivity contribution is 0.0693. The Labute approximate surface area is 118 Å². The van der Waals surface area contributed by atoms with Crippen LogP contribution in [0.2, 0.25) is 0 Å². The molecular weight excluding hydrogens is 312 g/mol. The predicted molar refractivity (Wildman–Crippen MR) is 76.4 cm³/mol. The molecule has 2 aromatic carbocycles. The van der Waals surface area contributed by atoms with E-state index in [9.17, 15) is 9.90 Å². The lowest BCUT2D eigenvalue weighted by Gasteiger charge is -2.08. The molecule has 0 bridgehead atoms. The molecule has 0 heterocycles. The molecule has 0 saturated heterocycles. The fourth-order valence-electron chi connectivity index (χ4n) is 1.55. The number of rotatable bonds is 3. The van der Waals surface area contributed by atoms with Crippen molar-refractivity contribution in [1.29, 1.82) is 0 Å². The number of benzene rings is 2. The van der Waals surface area contributed by atoms with Crippen molar-refractivity contribution < 1.29 is 9.90 Å². The maximum atomic E-state index is 11.2. The van der Waals surface area contributed by atoms with E-state index in [0.717, 1.165) is 19.8 Å². The van der Waals surface area contributed by atoms with Crippen molar-refractivity contribution in [3.63, 3.8) is 0 Å². The van der Waals surface area contributed by atoms with Crippen LogP contribution in [0.25, 0.3) is 0 Å². The standard InChI is InChI=1S/C14H11BrO2S/c1-9-4-2-3-5-12(9)18-13-7-6-10(15)8-11(13)14(16)17/h2-8H,1H3,(H,16,17). The van der Waals surface area contributed by atoms with E-state index in [1.165, 1.54) is 11.8 Å². The quantitative estimate of drug-likeness (QED) is 0.896. The van der Waals surface area contributed by atoms with Gasteiger partial charge in [-0.05, 0) is 36.8 Å². The zero-order valence-corrected chi connectivity index (χ0v) is 12.1. The number of hydrogen-bond donors (Lipinski definition) is 1. The molecule has 0 saturated carbocycles. The number of carbonyl (C=O) groups is 1. The SMILES string of the molecule is Cc1ccccc1Sc1ccc(Br)cc1C(=O)O. The second-order valence-electron chi connectivity index (χ2n) is 3.81. The minimum absolute atomic E-state index is 0.317. The summed E-state index contributed by atoms with van der Waals surface area (Å²) in [5.74, 6) is -0.910. The molecule has 0 unspecified atom stereocenters. The van der Waals surface area contributed by atoms with Gasteiger partial charge in [0.25, 0.3) is 0 Å². The predicted octanol–water partition coefficient (Wildman–Crippen LogP) is 4.61. The minimum Gasteiger partial charge on any atom is -0.478 e. The molecule has 0 spiro atoms. The summed E-state index contributed by atoms with van der Waals surface area (Å²) >= 11 is 4.77. The molecule has 2 rings (SSSR count). The summed E-state index contributed by atoms with van der Waals surface area (Å²) in [5, 5.41) is 9.20. The summed E-state index contributed by atoms with van der Waals surface area (Å²) in [4.78, 5) is 13.0. The third-order valence-electron chi connectivity index (χ3n) is 2.49. The third kappa shape index (κ3) is 2.94. The number of hydrogen-bond acceptors (Lipinski definition) is 2. The summed E-state index contributed by atoms with van der Waals surface area (Å²) in [6.07, 6.45) is 0. The van der Waals surface area contributed by atoms with Crippen molar-refractivity contribution in [2.75, 3.05) is 0 Å². The molecule has 0 aliphatic heterocycles. The lowest BCUT2D eigenvalue weighted by Crippen LogP contribution is -1.98. The first-order chi connectivity index (χ1) is 8.58. The summed E-state index contributed by atoms with van der Waals surface area (Å²) in [6.45, 7) is 2.02. The second kappa shape index (κ2) is 5.59. The molecule has 92 valence electrons. The maximum Gasteiger partial charge on any atom is 0.336 e. The van der Waals surface area contributed by atoms with E-state index < -0.39 is 5.97 Å². The Morgan fingerprint density at radius 3 is 2.56 bits per heavy atom. The van der Waals surface area contributed by atoms with E-state index in [-0.39, 0.29) is 0 Å². The molecule has 2 nitrogen and oxygen atoms in total. The minimum atomic E-state index is -0.910. The van der Waals surface area contributed by atoms with Gasteiger partial charge in [-0.15, -0.1) is 0 Å². The zero-order valence-electron chi connectivity index (χ0n) is 9.68. The number of aromatic carboxylic acids is 1.